The maximum absolute atomic E-state index is 13.2. The molecule has 25 heavy (non-hydrogen) atoms. The van der Waals surface area contributed by atoms with Crippen molar-refractivity contribution in [3.05, 3.63) is 35.6 Å². The highest BCUT2D eigenvalue weighted by Crippen LogP contribution is 2.22. The Bertz CT molecular complexity index is 572. The molecule has 1 atom stereocenters. The third-order valence-electron chi connectivity index (χ3n) is 5.13. The monoisotopic (exact) mass is 350 g/mol. The van der Waals surface area contributed by atoms with Gasteiger partial charge < -0.3 is 9.64 Å². The van der Waals surface area contributed by atoms with Gasteiger partial charge >= 0.3 is 0 Å². The lowest BCUT2D eigenvalue weighted by Gasteiger charge is -2.36. The molecule has 1 aliphatic rings. The fourth-order valence-electron chi connectivity index (χ4n) is 3.37. The zero-order chi connectivity index (χ0) is 18.6. The molecule has 0 bridgehead atoms. The summed E-state index contributed by atoms with van der Waals surface area (Å²) in [5, 5.41) is 0. The van der Waals surface area contributed by atoms with Gasteiger partial charge in [0.1, 0.15) is 11.4 Å². The minimum absolute atomic E-state index is 0.0456. The molecule has 0 saturated carbocycles. The summed E-state index contributed by atoms with van der Waals surface area (Å²) in [5.74, 6) is 0.252. The van der Waals surface area contributed by atoms with Gasteiger partial charge in [-0.2, -0.15) is 0 Å². The molecule has 2 rings (SSSR count). The van der Waals surface area contributed by atoms with Gasteiger partial charge in [-0.15, -0.1) is 0 Å². The van der Waals surface area contributed by atoms with E-state index in [1.165, 1.54) is 12.1 Å². The molecule has 0 unspecified atom stereocenters. The first-order chi connectivity index (χ1) is 11.7. The number of benzene rings is 1. The van der Waals surface area contributed by atoms with Crippen LogP contribution in [0.3, 0.4) is 0 Å². The van der Waals surface area contributed by atoms with Gasteiger partial charge in [0.15, 0.2) is 0 Å². The van der Waals surface area contributed by atoms with Crippen molar-refractivity contribution in [2.24, 2.45) is 5.92 Å². The Morgan fingerprint density at radius 1 is 1.28 bits per heavy atom. The molecule has 0 aliphatic carbocycles. The van der Waals surface area contributed by atoms with Gasteiger partial charge in [-0.3, -0.25) is 9.69 Å². The second kappa shape index (κ2) is 8.28. The molecular formula is C20H31FN2O2. The second-order valence-electron chi connectivity index (χ2n) is 7.73. The van der Waals surface area contributed by atoms with Gasteiger partial charge in [0.05, 0.1) is 0 Å². The zero-order valence-electron chi connectivity index (χ0n) is 16.1. The van der Waals surface area contributed by atoms with Crippen molar-refractivity contribution in [3.63, 3.8) is 0 Å². The highest BCUT2D eigenvalue weighted by molar-refractivity contribution is 5.84. The molecule has 5 heteroatoms. The lowest BCUT2D eigenvalue weighted by molar-refractivity contribution is -0.151. The molecule has 0 radical (unpaired) electrons. The Morgan fingerprint density at radius 2 is 1.92 bits per heavy atom. The summed E-state index contributed by atoms with van der Waals surface area (Å²) in [5.41, 5.74) is 0.303. The molecule has 1 saturated heterocycles. The molecule has 1 amide bonds. The number of rotatable bonds is 5. The first-order valence-electron chi connectivity index (χ1n) is 9.07. The second-order valence-corrected chi connectivity index (χ2v) is 7.73. The summed E-state index contributed by atoms with van der Waals surface area (Å²) in [7, 11) is 1.58. The van der Waals surface area contributed by atoms with Crippen LogP contribution >= 0.6 is 0 Å². The number of amides is 1. The third-order valence-corrected chi connectivity index (χ3v) is 5.13. The van der Waals surface area contributed by atoms with E-state index in [0.717, 1.165) is 31.6 Å². The minimum Gasteiger partial charge on any atom is -0.369 e. The van der Waals surface area contributed by atoms with E-state index in [-0.39, 0.29) is 17.8 Å². The molecular weight excluding hydrogens is 319 g/mol. The average Bonchev–Trinajstić information content (AvgIpc) is 2.79. The fraction of sp³-hybridized carbons (Fsp3) is 0.650. The molecule has 1 aromatic carbocycles. The molecule has 1 aliphatic heterocycles. The lowest BCUT2D eigenvalue weighted by atomic mass is 10.00. The van der Waals surface area contributed by atoms with Crippen molar-refractivity contribution in [3.8, 4) is 0 Å². The minimum atomic E-state index is -0.798. The molecule has 1 aromatic rings. The summed E-state index contributed by atoms with van der Waals surface area (Å²) in [6.45, 7) is 11.2. The summed E-state index contributed by atoms with van der Waals surface area (Å²) < 4.78 is 18.5. The molecule has 0 N–H and O–H groups in total. The van der Waals surface area contributed by atoms with E-state index in [1.807, 2.05) is 30.9 Å². The van der Waals surface area contributed by atoms with Crippen molar-refractivity contribution < 1.29 is 13.9 Å². The number of carbonyl (C=O) groups is 1. The molecule has 0 aromatic heterocycles. The van der Waals surface area contributed by atoms with Gasteiger partial charge in [0, 0.05) is 39.3 Å². The smallest absolute Gasteiger partial charge is 0.254 e. The van der Waals surface area contributed by atoms with E-state index in [0.29, 0.717) is 12.5 Å². The van der Waals surface area contributed by atoms with Crippen LogP contribution in [0.5, 0.6) is 0 Å². The van der Waals surface area contributed by atoms with E-state index in [2.05, 4.69) is 18.7 Å². The van der Waals surface area contributed by atoms with Crippen molar-refractivity contribution in [1.82, 2.24) is 9.80 Å². The molecule has 1 fully saturated rings. The quantitative estimate of drug-likeness (QED) is 0.817. The van der Waals surface area contributed by atoms with Crippen LogP contribution < -0.4 is 0 Å². The van der Waals surface area contributed by atoms with E-state index in [9.17, 15) is 9.18 Å². The van der Waals surface area contributed by atoms with Crippen molar-refractivity contribution in [2.75, 3.05) is 26.7 Å². The predicted octanol–water partition coefficient (Wildman–Crippen LogP) is 3.31. The van der Waals surface area contributed by atoms with E-state index in [4.69, 9.17) is 4.74 Å². The highest BCUT2D eigenvalue weighted by atomic mass is 19.1. The Balaban J connectivity index is 2.15. The molecule has 140 valence electrons. The standard InChI is InChI=1S/C20H31FN2O2/c1-15(2)18-14-23(19(24)20(3,4)25-5)12-6-11-22(18)13-16-7-9-17(21)10-8-16/h7-10,15,18H,6,11-14H2,1-5H3/t18-/m0/s1. The number of ether oxygens (including phenoxy) is 1. The Morgan fingerprint density at radius 3 is 2.48 bits per heavy atom. The number of halogens is 1. The van der Waals surface area contributed by atoms with E-state index < -0.39 is 5.60 Å². The van der Waals surface area contributed by atoms with E-state index >= 15 is 0 Å². The van der Waals surface area contributed by atoms with Gasteiger partial charge in [0.2, 0.25) is 0 Å². The number of carbonyl (C=O) groups excluding carboxylic acids is 1. The summed E-state index contributed by atoms with van der Waals surface area (Å²) >= 11 is 0. The Hall–Kier alpha value is -1.46. The third kappa shape index (κ3) is 5.02. The molecule has 1 heterocycles. The summed E-state index contributed by atoms with van der Waals surface area (Å²) in [4.78, 5) is 17.2. The largest absolute Gasteiger partial charge is 0.369 e. The number of hydrogen-bond donors (Lipinski definition) is 0. The van der Waals surface area contributed by atoms with Crippen LogP contribution in [0.4, 0.5) is 4.39 Å². The van der Waals surface area contributed by atoms with Crippen LogP contribution in [-0.2, 0) is 16.1 Å². The predicted molar refractivity (Wildman–Crippen MR) is 97.7 cm³/mol. The van der Waals surface area contributed by atoms with Crippen molar-refractivity contribution >= 4 is 5.91 Å². The first-order valence-corrected chi connectivity index (χ1v) is 9.07. The van der Waals surface area contributed by atoms with Crippen molar-refractivity contribution in [2.45, 2.75) is 52.3 Å². The Kier molecular flexibility index (Phi) is 6.58. The topological polar surface area (TPSA) is 32.8 Å². The first kappa shape index (κ1) is 19.9. The van der Waals surface area contributed by atoms with Crippen molar-refractivity contribution in [1.29, 1.82) is 0 Å². The van der Waals surface area contributed by atoms with Gasteiger partial charge in [-0.25, -0.2) is 4.39 Å². The van der Waals surface area contributed by atoms with E-state index in [1.54, 1.807) is 7.11 Å². The number of hydrogen-bond acceptors (Lipinski definition) is 3. The summed E-state index contributed by atoms with van der Waals surface area (Å²) in [6.07, 6.45) is 0.927. The average molecular weight is 350 g/mol. The van der Waals surface area contributed by atoms with Crippen LogP contribution in [-0.4, -0.2) is 54.1 Å². The fourth-order valence-corrected chi connectivity index (χ4v) is 3.37. The maximum atomic E-state index is 13.2. The Labute approximate surface area is 150 Å². The number of nitrogens with zero attached hydrogens (tertiary/aromatic N) is 2. The molecule has 4 nitrogen and oxygen atoms in total. The molecule has 0 spiro atoms. The summed E-state index contributed by atoms with van der Waals surface area (Å²) in [6, 6.07) is 6.97. The number of methoxy groups -OCH3 is 1. The SMILES string of the molecule is COC(C)(C)C(=O)N1CCCN(Cc2ccc(F)cc2)[C@H](C(C)C)C1. The van der Waals surface area contributed by atoms with Crippen LogP contribution in [0.15, 0.2) is 24.3 Å². The van der Waals surface area contributed by atoms with Gasteiger partial charge in [-0.05, 0) is 43.9 Å². The highest BCUT2D eigenvalue weighted by Gasteiger charge is 2.36. The van der Waals surface area contributed by atoms with Gasteiger partial charge in [-0.1, -0.05) is 26.0 Å². The zero-order valence-corrected chi connectivity index (χ0v) is 16.1. The van der Waals surface area contributed by atoms with Crippen LogP contribution in [0.25, 0.3) is 0 Å². The van der Waals surface area contributed by atoms with Gasteiger partial charge in [0.25, 0.3) is 5.91 Å². The van der Waals surface area contributed by atoms with Crippen LogP contribution in [0.1, 0.15) is 39.7 Å². The van der Waals surface area contributed by atoms with Crippen LogP contribution in [0, 0.1) is 11.7 Å². The normalized spacial score (nSPS) is 20.0. The lowest BCUT2D eigenvalue weighted by Crippen LogP contribution is -2.51. The maximum Gasteiger partial charge on any atom is 0.254 e. The van der Waals surface area contributed by atoms with Crippen LogP contribution in [0.2, 0.25) is 0 Å².